The number of hydrogen-bond donors (Lipinski definition) is 1. The Hall–Kier alpha value is -2.32. The van der Waals surface area contributed by atoms with E-state index in [-0.39, 0.29) is 11.3 Å². The molecule has 1 aliphatic heterocycles. The first kappa shape index (κ1) is 18.1. The number of rotatable bonds is 5. The first-order valence-electron chi connectivity index (χ1n) is 8.52. The van der Waals surface area contributed by atoms with Crippen molar-refractivity contribution in [1.82, 2.24) is 9.97 Å². The number of hydrogen-bond acceptors (Lipinski definition) is 7. The number of aromatic nitrogens is 2. The number of Topliss-reactive ketones (excluding diaryl/α,β-unsaturated/α-hetero) is 1. The van der Waals surface area contributed by atoms with E-state index < -0.39 is 0 Å². The highest BCUT2D eigenvalue weighted by Crippen LogP contribution is 2.31. The highest BCUT2D eigenvalue weighted by Gasteiger charge is 2.16. The van der Waals surface area contributed by atoms with Gasteiger partial charge in [-0.25, -0.2) is 4.98 Å². The molecule has 2 aromatic heterocycles. The molecule has 27 heavy (non-hydrogen) atoms. The van der Waals surface area contributed by atoms with Crippen LogP contribution in [0.3, 0.4) is 0 Å². The van der Waals surface area contributed by atoms with Gasteiger partial charge in [0, 0.05) is 10.4 Å². The van der Waals surface area contributed by atoms with E-state index in [0.717, 1.165) is 15.3 Å². The lowest BCUT2D eigenvalue weighted by atomic mass is 10.1. The molecule has 3 aromatic rings. The van der Waals surface area contributed by atoms with Gasteiger partial charge >= 0.3 is 0 Å². The van der Waals surface area contributed by atoms with Gasteiger partial charge in [-0.1, -0.05) is 0 Å². The number of carbonyl (C=O) groups excluding carboxylic acids is 1. The average molecular weight is 402 g/mol. The van der Waals surface area contributed by atoms with Crippen molar-refractivity contribution in [3.8, 4) is 11.5 Å². The first-order chi connectivity index (χ1) is 13.0. The number of nitrogens with zero attached hydrogens (tertiary/aromatic N) is 1. The standard InChI is InChI=1S/C19H18N2O4S2/c1-10-11(2)27-19-17(10)18(23)20-16(21-19)9-26-8-13(22)12-3-4-14-15(7-12)25-6-5-24-14/h3-4,7H,5-6,8-9H2,1-2H3,(H,20,21,23). The molecule has 8 heteroatoms. The van der Waals surface area contributed by atoms with E-state index in [4.69, 9.17) is 9.47 Å². The van der Waals surface area contributed by atoms with E-state index in [1.165, 1.54) is 23.1 Å². The quantitative estimate of drug-likeness (QED) is 0.658. The van der Waals surface area contributed by atoms with Crippen molar-refractivity contribution in [1.29, 1.82) is 0 Å². The fourth-order valence-electron chi connectivity index (χ4n) is 2.91. The molecule has 0 bridgehead atoms. The molecule has 0 aliphatic carbocycles. The Morgan fingerprint density at radius 2 is 2.04 bits per heavy atom. The third kappa shape index (κ3) is 3.59. The van der Waals surface area contributed by atoms with Gasteiger partial charge in [0.15, 0.2) is 17.3 Å². The minimum atomic E-state index is -0.115. The van der Waals surface area contributed by atoms with Gasteiger partial charge in [0.05, 0.1) is 16.9 Å². The first-order valence-corrected chi connectivity index (χ1v) is 10.5. The molecule has 0 saturated carbocycles. The second-order valence-corrected chi connectivity index (χ2v) is 8.44. The Balaban J connectivity index is 1.43. The summed E-state index contributed by atoms with van der Waals surface area (Å²) in [5.41, 5.74) is 1.46. The van der Waals surface area contributed by atoms with Gasteiger partial charge in [-0.2, -0.15) is 0 Å². The van der Waals surface area contributed by atoms with Crippen molar-refractivity contribution in [2.45, 2.75) is 19.6 Å². The van der Waals surface area contributed by atoms with Gasteiger partial charge in [0.2, 0.25) is 0 Å². The maximum atomic E-state index is 12.4. The minimum Gasteiger partial charge on any atom is -0.486 e. The number of H-pyrrole nitrogens is 1. The van der Waals surface area contributed by atoms with E-state index >= 15 is 0 Å². The summed E-state index contributed by atoms with van der Waals surface area (Å²) in [6, 6.07) is 5.24. The van der Waals surface area contributed by atoms with Crippen LogP contribution < -0.4 is 15.0 Å². The zero-order valence-corrected chi connectivity index (χ0v) is 16.6. The van der Waals surface area contributed by atoms with E-state index in [2.05, 4.69) is 9.97 Å². The highest BCUT2D eigenvalue weighted by molar-refractivity contribution is 7.99. The zero-order valence-electron chi connectivity index (χ0n) is 15.0. The number of nitrogens with one attached hydrogen (secondary N) is 1. The number of ether oxygens (including phenoxy) is 2. The van der Waals surface area contributed by atoms with Gasteiger partial charge in [-0.15, -0.1) is 23.1 Å². The van der Waals surface area contributed by atoms with Crippen molar-refractivity contribution in [3.05, 3.63) is 50.4 Å². The Morgan fingerprint density at radius 3 is 2.85 bits per heavy atom. The molecule has 0 fully saturated rings. The molecule has 0 atom stereocenters. The molecular weight excluding hydrogens is 384 g/mol. The van der Waals surface area contributed by atoms with Crippen LogP contribution in [-0.4, -0.2) is 34.7 Å². The monoisotopic (exact) mass is 402 g/mol. The second-order valence-electron chi connectivity index (χ2n) is 6.25. The molecule has 1 aromatic carbocycles. The minimum absolute atomic E-state index is 0.00297. The third-order valence-electron chi connectivity index (χ3n) is 4.42. The molecule has 0 spiro atoms. The van der Waals surface area contributed by atoms with E-state index in [1.54, 1.807) is 18.2 Å². The molecule has 6 nitrogen and oxygen atoms in total. The number of benzene rings is 1. The van der Waals surface area contributed by atoms with E-state index in [1.807, 2.05) is 13.8 Å². The average Bonchev–Trinajstić information content (AvgIpc) is 2.95. The van der Waals surface area contributed by atoms with Crippen LogP contribution in [0.2, 0.25) is 0 Å². The molecule has 140 valence electrons. The Morgan fingerprint density at radius 1 is 1.26 bits per heavy atom. The van der Waals surface area contributed by atoms with Crippen molar-refractivity contribution in [2.24, 2.45) is 0 Å². The molecule has 4 rings (SSSR count). The number of carbonyl (C=O) groups is 1. The van der Waals surface area contributed by atoms with Crippen LogP contribution in [0.4, 0.5) is 0 Å². The van der Waals surface area contributed by atoms with Gasteiger partial charge in [0.25, 0.3) is 5.56 Å². The lowest BCUT2D eigenvalue weighted by molar-refractivity contribution is 0.102. The number of thiophene rings is 1. The summed E-state index contributed by atoms with van der Waals surface area (Å²) in [6.45, 7) is 4.94. The number of thioether (sulfide) groups is 1. The number of aryl methyl sites for hydroxylation is 2. The molecule has 0 radical (unpaired) electrons. The largest absolute Gasteiger partial charge is 0.486 e. The molecule has 1 aliphatic rings. The van der Waals surface area contributed by atoms with E-state index in [0.29, 0.717) is 53.0 Å². The zero-order chi connectivity index (χ0) is 19.0. The van der Waals surface area contributed by atoms with Gasteiger partial charge < -0.3 is 14.5 Å². The van der Waals surface area contributed by atoms with Crippen molar-refractivity contribution >= 4 is 39.1 Å². The van der Waals surface area contributed by atoms with Crippen LogP contribution in [0.15, 0.2) is 23.0 Å². The predicted octanol–water partition coefficient (Wildman–Crippen LogP) is 3.49. The second kappa shape index (κ2) is 7.36. The number of fused-ring (bicyclic) bond motifs is 2. The topological polar surface area (TPSA) is 81.3 Å². The van der Waals surface area contributed by atoms with Crippen LogP contribution in [0.5, 0.6) is 11.5 Å². The molecule has 0 amide bonds. The normalized spacial score (nSPS) is 13.1. The summed E-state index contributed by atoms with van der Waals surface area (Å²) in [4.78, 5) is 34.0. The fourth-order valence-corrected chi connectivity index (χ4v) is 4.74. The van der Waals surface area contributed by atoms with Gasteiger partial charge in [-0.3, -0.25) is 9.59 Å². The fraction of sp³-hybridized carbons (Fsp3) is 0.316. The maximum Gasteiger partial charge on any atom is 0.259 e. The van der Waals surface area contributed by atoms with Gasteiger partial charge in [0.1, 0.15) is 23.9 Å². The van der Waals surface area contributed by atoms with Crippen LogP contribution in [0.25, 0.3) is 10.2 Å². The summed E-state index contributed by atoms with van der Waals surface area (Å²) in [6.07, 6.45) is 0. The van der Waals surface area contributed by atoms with Crippen LogP contribution in [0.1, 0.15) is 26.6 Å². The summed E-state index contributed by atoms with van der Waals surface area (Å²) >= 11 is 2.95. The summed E-state index contributed by atoms with van der Waals surface area (Å²) in [5.74, 6) is 2.64. The van der Waals surface area contributed by atoms with Crippen LogP contribution >= 0.6 is 23.1 Å². The summed E-state index contributed by atoms with van der Waals surface area (Å²) in [7, 11) is 0. The molecule has 1 N–H and O–H groups in total. The summed E-state index contributed by atoms with van der Waals surface area (Å²) in [5, 5.41) is 0.665. The molecule has 0 unspecified atom stereocenters. The van der Waals surface area contributed by atoms with Crippen molar-refractivity contribution in [3.63, 3.8) is 0 Å². The molecular formula is C19H18N2O4S2. The Kier molecular flexibility index (Phi) is 4.92. The van der Waals surface area contributed by atoms with E-state index in [9.17, 15) is 9.59 Å². The highest BCUT2D eigenvalue weighted by atomic mass is 32.2. The third-order valence-corrected chi connectivity index (χ3v) is 6.47. The van der Waals surface area contributed by atoms with Crippen LogP contribution in [-0.2, 0) is 5.75 Å². The smallest absolute Gasteiger partial charge is 0.259 e. The maximum absolute atomic E-state index is 12.4. The number of ketones is 1. The lowest BCUT2D eigenvalue weighted by Crippen LogP contribution is -2.16. The summed E-state index contributed by atoms with van der Waals surface area (Å²) < 4.78 is 11.0. The molecule has 3 heterocycles. The Labute approximate surface area is 163 Å². The van der Waals surface area contributed by atoms with Crippen molar-refractivity contribution < 1.29 is 14.3 Å². The predicted molar refractivity (Wildman–Crippen MR) is 108 cm³/mol. The van der Waals surface area contributed by atoms with Crippen molar-refractivity contribution in [2.75, 3.05) is 19.0 Å². The number of aromatic amines is 1. The van der Waals surface area contributed by atoms with Gasteiger partial charge in [-0.05, 0) is 37.6 Å². The molecule has 0 saturated heterocycles. The van der Waals surface area contributed by atoms with Crippen LogP contribution in [0, 0.1) is 13.8 Å². The lowest BCUT2D eigenvalue weighted by Gasteiger charge is -2.18. The Bertz CT molecular complexity index is 1090. The SMILES string of the molecule is Cc1sc2nc(CSCC(=O)c3ccc4c(c3)OCCO4)[nH]c(=O)c2c1C.